The van der Waals surface area contributed by atoms with Crippen molar-refractivity contribution in [1.29, 1.82) is 0 Å². The van der Waals surface area contributed by atoms with Gasteiger partial charge in [0.25, 0.3) is 10.0 Å². The maximum atomic E-state index is 12.4. The Morgan fingerprint density at radius 1 is 1.46 bits per heavy atom. The van der Waals surface area contributed by atoms with Gasteiger partial charge < -0.3 is 10.1 Å². The van der Waals surface area contributed by atoms with Crippen LogP contribution in [0.15, 0.2) is 20.2 Å². The molecule has 2 rings (SSSR count). The van der Waals surface area contributed by atoms with Crippen LogP contribution in [0.3, 0.4) is 0 Å². The summed E-state index contributed by atoms with van der Waals surface area (Å²) in [6.07, 6.45) is 1.53. The van der Waals surface area contributed by atoms with E-state index in [0.29, 0.717) is 17.0 Å². The standard InChI is InChI=1S/C11H15N3O6S3.ClH/c1-14-8(5-13-6-9(15)20-2)3-7-4-10(22(12,16)17)21-11(7)23(14,18)19;/h3-4,13H,5-6H2,1-2H3,(H2,12,16,17);1H. The molecule has 0 atom stereocenters. The minimum Gasteiger partial charge on any atom is -0.468 e. The van der Waals surface area contributed by atoms with Gasteiger partial charge in [0.2, 0.25) is 10.0 Å². The summed E-state index contributed by atoms with van der Waals surface area (Å²) < 4.78 is 52.9. The number of sulfonamides is 2. The fourth-order valence-electron chi connectivity index (χ4n) is 1.88. The molecule has 0 fully saturated rings. The molecule has 0 aliphatic carbocycles. The number of halogens is 1. The van der Waals surface area contributed by atoms with Gasteiger partial charge in [-0.2, -0.15) is 0 Å². The first-order valence-corrected chi connectivity index (χ1v) is 10.0. The van der Waals surface area contributed by atoms with Crippen LogP contribution in [0.5, 0.6) is 0 Å². The molecule has 24 heavy (non-hydrogen) atoms. The molecule has 9 nitrogen and oxygen atoms in total. The summed E-state index contributed by atoms with van der Waals surface area (Å²) >= 11 is 0.606. The number of rotatable bonds is 5. The molecule has 13 heteroatoms. The Kier molecular flexibility index (Phi) is 6.41. The molecule has 1 aromatic rings. The number of carbonyl (C=O) groups is 1. The molecule has 0 radical (unpaired) electrons. The van der Waals surface area contributed by atoms with Crippen molar-refractivity contribution in [3.05, 3.63) is 17.3 Å². The summed E-state index contributed by atoms with van der Waals surface area (Å²) in [4.78, 5) is 11.1. The lowest BCUT2D eigenvalue weighted by Gasteiger charge is -2.26. The molecular weight excluding hydrogens is 402 g/mol. The Morgan fingerprint density at radius 3 is 2.62 bits per heavy atom. The average molecular weight is 418 g/mol. The molecule has 1 aliphatic heterocycles. The van der Waals surface area contributed by atoms with Crippen LogP contribution in [-0.2, 0) is 29.6 Å². The largest absolute Gasteiger partial charge is 0.468 e. The van der Waals surface area contributed by atoms with Crippen molar-refractivity contribution >= 4 is 55.8 Å². The van der Waals surface area contributed by atoms with Gasteiger partial charge in [-0.25, -0.2) is 22.0 Å². The van der Waals surface area contributed by atoms with Gasteiger partial charge >= 0.3 is 5.97 Å². The monoisotopic (exact) mass is 417 g/mol. The number of nitrogens with two attached hydrogens (primary N) is 1. The molecule has 0 amide bonds. The van der Waals surface area contributed by atoms with E-state index in [1.165, 1.54) is 26.3 Å². The molecule has 1 aliphatic rings. The molecular formula is C11H16ClN3O6S3. The molecule has 3 N–H and O–H groups in total. The number of likely N-dealkylation sites (N-methyl/N-ethyl adjacent to an activating group) is 1. The highest BCUT2D eigenvalue weighted by Crippen LogP contribution is 2.37. The van der Waals surface area contributed by atoms with E-state index >= 15 is 0 Å². The van der Waals surface area contributed by atoms with Crippen LogP contribution in [0.1, 0.15) is 5.56 Å². The third-order valence-electron chi connectivity index (χ3n) is 3.11. The normalized spacial score (nSPS) is 16.0. The first kappa shape index (κ1) is 20.9. The Balaban J connectivity index is 0.00000288. The molecule has 1 aromatic heterocycles. The maximum absolute atomic E-state index is 12.4. The van der Waals surface area contributed by atoms with Gasteiger partial charge in [-0.05, 0) is 12.1 Å². The van der Waals surface area contributed by atoms with E-state index in [0.717, 1.165) is 4.31 Å². The summed E-state index contributed by atoms with van der Waals surface area (Å²) in [6, 6.07) is 1.22. The molecule has 0 aromatic carbocycles. The van der Waals surface area contributed by atoms with Gasteiger partial charge in [-0.1, -0.05) is 0 Å². The minimum atomic E-state index is -3.98. The van der Waals surface area contributed by atoms with E-state index in [1.54, 1.807) is 0 Å². The third-order valence-corrected chi connectivity index (χ3v) is 8.01. The number of carbonyl (C=O) groups excluding carboxylic acids is 1. The smallest absolute Gasteiger partial charge is 0.319 e. The number of primary sulfonamides is 1. The highest BCUT2D eigenvalue weighted by Gasteiger charge is 2.33. The predicted octanol–water partition coefficient (Wildman–Crippen LogP) is -0.445. The van der Waals surface area contributed by atoms with E-state index in [2.05, 4.69) is 10.1 Å². The summed E-state index contributed by atoms with van der Waals surface area (Å²) in [5.41, 5.74) is 0.618. The SMILES string of the molecule is COC(=O)CNCC1=Cc2cc(S(N)(=O)=O)sc2S(=O)(=O)N1C.Cl. The number of hydrogen-bond acceptors (Lipinski definition) is 8. The average Bonchev–Trinajstić information content (AvgIpc) is 2.89. The van der Waals surface area contributed by atoms with Gasteiger partial charge in [0.05, 0.1) is 13.7 Å². The van der Waals surface area contributed by atoms with Crippen molar-refractivity contribution < 1.29 is 26.4 Å². The van der Waals surface area contributed by atoms with E-state index < -0.39 is 26.0 Å². The Morgan fingerprint density at radius 2 is 2.08 bits per heavy atom. The second-order valence-electron chi connectivity index (χ2n) is 4.64. The van der Waals surface area contributed by atoms with Crippen LogP contribution in [0, 0.1) is 0 Å². The van der Waals surface area contributed by atoms with E-state index in [9.17, 15) is 21.6 Å². The first-order valence-electron chi connectivity index (χ1n) is 6.21. The second-order valence-corrected chi connectivity index (χ2v) is 9.65. The van der Waals surface area contributed by atoms with Crippen molar-refractivity contribution in [3.8, 4) is 0 Å². The zero-order valence-corrected chi connectivity index (χ0v) is 15.9. The second kappa shape index (κ2) is 7.37. The summed E-state index contributed by atoms with van der Waals surface area (Å²) in [6.45, 7) is 0.00543. The maximum Gasteiger partial charge on any atom is 0.319 e. The number of hydrogen-bond donors (Lipinski definition) is 2. The molecule has 0 saturated carbocycles. The van der Waals surface area contributed by atoms with Gasteiger partial charge in [0.1, 0.15) is 8.42 Å². The molecule has 0 saturated heterocycles. The van der Waals surface area contributed by atoms with Crippen molar-refractivity contribution in [2.45, 2.75) is 8.42 Å². The molecule has 0 spiro atoms. The Labute approximate surface area is 150 Å². The number of nitrogens with one attached hydrogen (secondary N) is 1. The van der Waals surface area contributed by atoms with Crippen LogP contribution < -0.4 is 10.5 Å². The van der Waals surface area contributed by atoms with Gasteiger partial charge in [-0.15, -0.1) is 23.7 Å². The van der Waals surface area contributed by atoms with Crippen LogP contribution in [0.2, 0.25) is 0 Å². The Hall–Kier alpha value is -1.18. The predicted molar refractivity (Wildman–Crippen MR) is 90.8 cm³/mol. The number of nitrogens with zero attached hydrogens (tertiary/aromatic N) is 1. The van der Waals surface area contributed by atoms with Crippen molar-refractivity contribution in [2.75, 3.05) is 27.2 Å². The van der Waals surface area contributed by atoms with Crippen molar-refractivity contribution in [2.24, 2.45) is 5.14 Å². The molecule has 136 valence electrons. The van der Waals surface area contributed by atoms with Crippen LogP contribution in [0.4, 0.5) is 0 Å². The minimum absolute atomic E-state index is 0. The molecule has 0 bridgehead atoms. The van der Waals surface area contributed by atoms with E-state index in [-0.39, 0.29) is 39.5 Å². The van der Waals surface area contributed by atoms with Gasteiger partial charge in [0.15, 0.2) is 0 Å². The zero-order chi connectivity index (χ0) is 17.4. The molecule has 0 unspecified atom stereocenters. The van der Waals surface area contributed by atoms with Gasteiger partial charge in [-0.3, -0.25) is 9.10 Å². The fraction of sp³-hybridized carbons (Fsp3) is 0.364. The summed E-state index contributed by atoms with van der Waals surface area (Å²) in [7, 11) is -5.25. The number of ether oxygens (including phenoxy) is 1. The number of fused-ring (bicyclic) bond motifs is 1. The highest BCUT2D eigenvalue weighted by atomic mass is 35.5. The van der Waals surface area contributed by atoms with Gasteiger partial charge in [0, 0.05) is 24.9 Å². The van der Waals surface area contributed by atoms with Crippen LogP contribution in [0.25, 0.3) is 6.08 Å². The molecule has 2 heterocycles. The number of methoxy groups -OCH3 is 1. The van der Waals surface area contributed by atoms with E-state index in [1.807, 2.05) is 0 Å². The first-order chi connectivity index (χ1) is 10.6. The lowest BCUT2D eigenvalue weighted by molar-refractivity contribution is -0.139. The van der Waals surface area contributed by atoms with E-state index in [4.69, 9.17) is 5.14 Å². The summed E-state index contributed by atoms with van der Waals surface area (Å²) in [5, 5.41) is 7.80. The fourth-order valence-corrected chi connectivity index (χ4v) is 5.77. The van der Waals surface area contributed by atoms with Crippen LogP contribution >= 0.6 is 23.7 Å². The van der Waals surface area contributed by atoms with Crippen LogP contribution in [-0.4, -0.2) is 54.4 Å². The third kappa shape index (κ3) is 4.07. The lowest BCUT2D eigenvalue weighted by Crippen LogP contribution is -2.35. The topological polar surface area (TPSA) is 136 Å². The Bertz CT molecular complexity index is 875. The van der Waals surface area contributed by atoms with Crippen molar-refractivity contribution in [1.82, 2.24) is 9.62 Å². The van der Waals surface area contributed by atoms with Crippen molar-refractivity contribution in [3.63, 3.8) is 0 Å². The highest BCUT2D eigenvalue weighted by molar-refractivity contribution is 7.94. The lowest BCUT2D eigenvalue weighted by atomic mass is 10.2. The quantitative estimate of drug-likeness (QED) is 0.619. The number of esters is 1. The summed E-state index contributed by atoms with van der Waals surface area (Å²) in [5.74, 6) is -0.486. The zero-order valence-electron chi connectivity index (χ0n) is 12.7. The number of thiophene rings is 1.